The molecule has 1 aliphatic heterocycles. The number of hydrogen-bond acceptors (Lipinski definition) is 4. The number of carbonyl (C=O) groups is 2. The van der Waals surface area contributed by atoms with Crippen molar-refractivity contribution in [3.63, 3.8) is 0 Å². The summed E-state index contributed by atoms with van der Waals surface area (Å²) in [5, 5.41) is 2.77. The van der Waals surface area contributed by atoms with E-state index in [1.165, 1.54) is 0 Å². The van der Waals surface area contributed by atoms with Crippen molar-refractivity contribution >= 4 is 17.5 Å². The third-order valence-corrected chi connectivity index (χ3v) is 3.86. The highest BCUT2D eigenvalue weighted by Crippen LogP contribution is 2.18. The van der Waals surface area contributed by atoms with Crippen LogP contribution < -0.4 is 15.8 Å². The number of benzene rings is 1. The molecule has 1 aliphatic rings. The van der Waals surface area contributed by atoms with Gasteiger partial charge in [-0.15, -0.1) is 0 Å². The van der Waals surface area contributed by atoms with Crippen LogP contribution >= 0.6 is 0 Å². The second-order valence-corrected chi connectivity index (χ2v) is 5.79. The zero-order chi connectivity index (χ0) is 16.7. The third kappa shape index (κ3) is 5.25. The smallest absolute Gasteiger partial charge is 0.260 e. The fourth-order valence-corrected chi connectivity index (χ4v) is 2.54. The lowest BCUT2D eigenvalue weighted by atomic mass is 10.1. The summed E-state index contributed by atoms with van der Waals surface area (Å²) in [6.45, 7) is 3.63. The molecule has 23 heavy (non-hydrogen) atoms. The van der Waals surface area contributed by atoms with E-state index in [1.807, 2.05) is 11.8 Å². The van der Waals surface area contributed by atoms with Crippen LogP contribution in [-0.4, -0.2) is 42.5 Å². The Hall–Kier alpha value is -2.08. The molecule has 0 aromatic heterocycles. The van der Waals surface area contributed by atoms with Gasteiger partial charge in [-0.05, 0) is 31.4 Å². The molecule has 3 N–H and O–H groups in total. The van der Waals surface area contributed by atoms with Crippen LogP contribution in [0.4, 0.5) is 5.69 Å². The molecular formula is C17H25N3O3. The summed E-state index contributed by atoms with van der Waals surface area (Å²) < 4.78 is 5.54. The molecule has 0 radical (unpaired) electrons. The lowest BCUT2D eigenvalue weighted by Gasteiger charge is -2.16. The normalized spacial score (nSPS) is 15.3. The maximum atomic E-state index is 12.0. The second-order valence-electron chi connectivity index (χ2n) is 5.79. The third-order valence-electron chi connectivity index (χ3n) is 3.86. The maximum absolute atomic E-state index is 12.0. The van der Waals surface area contributed by atoms with E-state index in [0.29, 0.717) is 17.9 Å². The number of hydrogen-bond donors (Lipinski definition) is 2. The van der Waals surface area contributed by atoms with Crippen LogP contribution in [0.15, 0.2) is 24.3 Å². The minimum absolute atomic E-state index is 0.00177. The second kappa shape index (κ2) is 8.53. The van der Waals surface area contributed by atoms with Crippen molar-refractivity contribution < 1.29 is 14.3 Å². The Morgan fingerprint density at radius 1 is 1.35 bits per heavy atom. The molecular weight excluding hydrogens is 294 g/mol. The van der Waals surface area contributed by atoms with Crippen molar-refractivity contribution in [3.8, 4) is 5.75 Å². The standard InChI is InChI=1S/C17H25N3O3/c1-2-6-15(18)17(22)19-13-7-5-8-14(11-13)23-12-16(21)20-9-3-4-10-20/h5,7-8,11,15H,2-4,6,9-10,12,18H2,1H3,(H,19,22). The number of nitrogens with one attached hydrogen (secondary N) is 1. The van der Waals surface area contributed by atoms with Crippen molar-refractivity contribution in [1.82, 2.24) is 4.90 Å². The largest absolute Gasteiger partial charge is 0.484 e. The first-order valence-electron chi connectivity index (χ1n) is 8.17. The van der Waals surface area contributed by atoms with Gasteiger partial charge in [-0.25, -0.2) is 0 Å². The fraction of sp³-hybridized carbons (Fsp3) is 0.529. The summed E-state index contributed by atoms with van der Waals surface area (Å²) in [7, 11) is 0. The van der Waals surface area contributed by atoms with Gasteiger partial charge in [-0.1, -0.05) is 19.4 Å². The molecule has 0 aliphatic carbocycles. The van der Waals surface area contributed by atoms with Gasteiger partial charge in [0.1, 0.15) is 5.75 Å². The predicted octanol–water partition coefficient (Wildman–Crippen LogP) is 1.75. The van der Waals surface area contributed by atoms with E-state index in [4.69, 9.17) is 10.5 Å². The first-order valence-corrected chi connectivity index (χ1v) is 8.17. The Bertz CT molecular complexity index is 542. The molecule has 1 unspecified atom stereocenters. The van der Waals surface area contributed by atoms with E-state index in [1.54, 1.807) is 24.3 Å². The van der Waals surface area contributed by atoms with Crippen LogP contribution in [-0.2, 0) is 9.59 Å². The number of nitrogens with two attached hydrogens (primary N) is 1. The van der Waals surface area contributed by atoms with E-state index >= 15 is 0 Å². The van der Waals surface area contributed by atoms with Crippen molar-refractivity contribution in [2.24, 2.45) is 5.73 Å². The summed E-state index contributed by atoms with van der Waals surface area (Å²) in [6.07, 6.45) is 3.62. The van der Waals surface area contributed by atoms with E-state index < -0.39 is 6.04 Å². The Morgan fingerprint density at radius 2 is 2.09 bits per heavy atom. The number of ether oxygens (including phenoxy) is 1. The average Bonchev–Trinajstić information content (AvgIpc) is 3.07. The summed E-state index contributed by atoms with van der Waals surface area (Å²) in [5.41, 5.74) is 6.41. The number of nitrogens with zero attached hydrogens (tertiary/aromatic N) is 1. The molecule has 1 saturated heterocycles. The van der Waals surface area contributed by atoms with Crippen LogP contribution in [0.3, 0.4) is 0 Å². The predicted molar refractivity (Wildman–Crippen MR) is 89.3 cm³/mol. The van der Waals surface area contributed by atoms with Crippen LogP contribution in [0.2, 0.25) is 0 Å². The van der Waals surface area contributed by atoms with E-state index in [9.17, 15) is 9.59 Å². The van der Waals surface area contributed by atoms with Gasteiger partial charge in [0.25, 0.3) is 5.91 Å². The summed E-state index contributed by atoms with van der Waals surface area (Å²) in [6, 6.07) is 6.50. The molecule has 1 atom stereocenters. The number of carbonyl (C=O) groups excluding carboxylic acids is 2. The highest BCUT2D eigenvalue weighted by Gasteiger charge is 2.18. The van der Waals surface area contributed by atoms with Crippen LogP contribution in [0.1, 0.15) is 32.6 Å². The molecule has 2 rings (SSSR count). The molecule has 1 aromatic carbocycles. The lowest BCUT2D eigenvalue weighted by Crippen LogP contribution is -2.35. The fourth-order valence-electron chi connectivity index (χ4n) is 2.54. The first kappa shape index (κ1) is 17.3. The van der Waals surface area contributed by atoms with Gasteiger partial charge in [0.15, 0.2) is 6.61 Å². The molecule has 6 heteroatoms. The maximum Gasteiger partial charge on any atom is 0.260 e. The van der Waals surface area contributed by atoms with Crippen molar-refractivity contribution in [3.05, 3.63) is 24.3 Å². The number of likely N-dealkylation sites (tertiary alicyclic amines) is 1. The van der Waals surface area contributed by atoms with E-state index in [-0.39, 0.29) is 18.4 Å². The minimum Gasteiger partial charge on any atom is -0.484 e. The Labute approximate surface area is 137 Å². The minimum atomic E-state index is -0.513. The Morgan fingerprint density at radius 3 is 2.78 bits per heavy atom. The van der Waals surface area contributed by atoms with Crippen LogP contribution in [0.5, 0.6) is 5.75 Å². The zero-order valence-electron chi connectivity index (χ0n) is 13.6. The van der Waals surface area contributed by atoms with Crippen LogP contribution in [0.25, 0.3) is 0 Å². The van der Waals surface area contributed by atoms with E-state index in [2.05, 4.69) is 5.32 Å². The van der Waals surface area contributed by atoms with Crippen molar-refractivity contribution in [2.45, 2.75) is 38.6 Å². The van der Waals surface area contributed by atoms with Gasteiger partial charge >= 0.3 is 0 Å². The SMILES string of the molecule is CCCC(N)C(=O)Nc1cccc(OCC(=O)N2CCCC2)c1. The Kier molecular flexibility index (Phi) is 6.40. The number of rotatable bonds is 7. The highest BCUT2D eigenvalue weighted by atomic mass is 16.5. The highest BCUT2D eigenvalue weighted by molar-refractivity contribution is 5.94. The summed E-state index contributed by atoms with van der Waals surface area (Å²) in [4.78, 5) is 25.7. The average molecular weight is 319 g/mol. The molecule has 1 aromatic rings. The summed E-state index contributed by atoms with van der Waals surface area (Å²) in [5.74, 6) is 0.346. The quantitative estimate of drug-likeness (QED) is 0.802. The van der Waals surface area contributed by atoms with Gasteiger partial charge in [-0.2, -0.15) is 0 Å². The van der Waals surface area contributed by atoms with Gasteiger partial charge in [0, 0.05) is 24.8 Å². The molecule has 1 fully saturated rings. The zero-order valence-corrected chi connectivity index (χ0v) is 13.6. The molecule has 1 heterocycles. The van der Waals surface area contributed by atoms with Gasteiger partial charge in [0.05, 0.1) is 6.04 Å². The van der Waals surface area contributed by atoms with Crippen molar-refractivity contribution in [1.29, 1.82) is 0 Å². The molecule has 0 saturated carbocycles. The number of anilines is 1. The van der Waals surface area contributed by atoms with Gasteiger partial charge < -0.3 is 20.7 Å². The van der Waals surface area contributed by atoms with Gasteiger partial charge in [0.2, 0.25) is 5.91 Å². The molecule has 126 valence electrons. The molecule has 0 bridgehead atoms. The monoisotopic (exact) mass is 319 g/mol. The molecule has 0 spiro atoms. The molecule has 6 nitrogen and oxygen atoms in total. The van der Waals surface area contributed by atoms with Crippen molar-refractivity contribution in [2.75, 3.05) is 25.0 Å². The van der Waals surface area contributed by atoms with Crippen LogP contribution in [0, 0.1) is 0 Å². The summed E-state index contributed by atoms with van der Waals surface area (Å²) >= 11 is 0. The molecule has 2 amide bonds. The Balaban J connectivity index is 1.86. The lowest BCUT2D eigenvalue weighted by molar-refractivity contribution is -0.132. The first-order chi connectivity index (χ1) is 11.1. The van der Waals surface area contributed by atoms with E-state index in [0.717, 1.165) is 32.4 Å². The van der Waals surface area contributed by atoms with Gasteiger partial charge in [-0.3, -0.25) is 9.59 Å². The number of amides is 2. The topological polar surface area (TPSA) is 84.7 Å².